The number of nitrogens with zero attached hydrogens (tertiary/aromatic N) is 4. The van der Waals surface area contributed by atoms with E-state index in [0.717, 1.165) is 48.2 Å². The quantitative estimate of drug-likeness (QED) is 0.126. The van der Waals surface area contributed by atoms with Crippen LogP contribution in [0.25, 0.3) is 10.9 Å². The molecule has 0 radical (unpaired) electrons. The number of rotatable bonds is 21. The van der Waals surface area contributed by atoms with E-state index in [1.54, 1.807) is 6.20 Å². The molecule has 262 valence electrons. The lowest BCUT2D eigenvalue weighted by Gasteiger charge is -2.35. The van der Waals surface area contributed by atoms with Gasteiger partial charge in [-0.1, -0.05) is 48.5 Å². The summed E-state index contributed by atoms with van der Waals surface area (Å²) in [5, 5.41) is 3.88. The Morgan fingerprint density at radius 2 is 1.42 bits per heavy atom. The van der Waals surface area contributed by atoms with Crippen molar-refractivity contribution >= 4 is 28.5 Å². The van der Waals surface area contributed by atoms with Crippen LogP contribution in [0, 0.1) is 0 Å². The third-order valence-electron chi connectivity index (χ3n) is 9.07. The van der Waals surface area contributed by atoms with Crippen molar-refractivity contribution in [3.05, 3.63) is 78.0 Å². The lowest BCUT2D eigenvalue weighted by atomic mass is 9.97. The van der Waals surface area contributed by atoms with E-state index in [1.807, 2.05) is 65.6 Å². The van der Waals surface area contributed by atoms with E-state index in [2.05, 4.69) is 38.5 Å². The first-order chi connectivity index (χ1) is 22.8. The molecule has 11 nitrogen and oxygen atoms in total. The van der Waals surface area contributed by atoms with Gasteiger partial charge in [-0.3, -0.25) is 19.4 Å². The Kier molecular flexibility index (Phi) is 15.1. The van der Waals surface area contributed by atoms with Gasteiger partial charge in [-0.2, -0.15) is 0 Å². The Bertz CT molecular complexity index is 1440. The summed E-state index contributed by atoms with van der Waals surface area (Å²) in [6.45, 7) is 5.44. The van der Waals surface area contributed by atoms with Crippen molar-refractivity contribution in [2.45, 2.75) is 44.2 Å². The molecule has 0 aliphatic rings. The zero-order valence-electron chi connectivity index (χ0n) is 29.4. The van der Waals surface area contributed by atoms with Crippen molar-refractivity contribution < 1.29 is 23.3 Å². The monoisotopic (exact) mass is 662 g/mol. The number of benzene rings is 2. The van der Waals surface area contributed by atoms with Crippen LogP contribution in [0.15, 0.2) is 66.9 Å². The maximum Gasteiger partial charge on any atom is 0.237 e. The van der Waals surface area contributed by atoms with Gasteiger partial charge in [-0.15, -0.1) is 0 Å². The van der Waals surface area contributed by atoms with Gasteiger partial charge >= 0.3 is 0 Å². The summed E-state index contributed by atoms with van der Waals surface area (Å²) < 4.78 is 1.41. The predicted molar refractivity (Wildman–Crippen MR) is 193 cm³/mol. The molecule has 3 aromatic rings. The van der Waals surface area contributed by atoms with Crippen LogP contribution < -0.4 is 22.5 Å². The number of hydrogen-bond acceptors (Lipinski definition) is 7. The van der Waals surface area contributed by atoms with Crippen LogP contribution in [-0.4, -0.2) is 129 Å². The number of pyridine rings is 1. The third kappa shape index (κ3) is 13.0. The number of amides is 2. The van der Waals surface area contributed by atoms with Crippen LogP contribution in [-0.2, 0) is 27.2 Å². The lowest BCUT2D eigenvalue weighted by Crippen LogP contribution is -2.52. The molecule has 48 heavy (non-hydrogen) atoms. The zero-order valence-corrected chi connectivity index (χ0v) is 29.4. The van der Waals surface area contributed by atoms with Gasteiger partial charge in [-0.25, -0.2) is 0 Å². The minimum atomic E-state index is -0.931. The second kappa shape index (κ2) is 18.7. The molecule has 0 aliphatic carbocycles. The SMILES string of the molecule is C[N+](C)(CCN)CCN(CC[N+](C)(C)CCN)C(=O)CC[C@H](N)C(=O)N[C@@H](CCc1ccccc1)C(=O)Cc1cnc2ccccc2c1. The van der Waals surface area contributed by atoms with Crippen LogP contribution in [0.4, 0.5) is 0 Å². The van der Waals surface area contributed by atoms with Gasteiger partial charge in [0.2, 0.25) is 11.8 Å². The van der Waals surface area contributed by atoms with Crippen LogP contribution >= 0.6 is 0 Å². The molecule has 0 saturated heterocycles. The minimum absolute atomic E-state index is 0.0424. The summed E-state index contributed by atoms with van der Waals surface area (Å²) in [7, 11) is 8.43. The molecule has 0 fully saturated rings. The Morgan fingerprint density at radius 1 is 0.812 bits per heavy atom. The highest BCUT2D eigenvalue weighted by atomic mass is 16.2. The van der Waals surface area contributed by atoms with Gasteiger partial charge in [0, 0.05) is 37.5 Å². The molecule has 0 saturated carbocycles. The number of para-hydroxylation sites is 1. The molecule has 0 bridgehead atoms. The molecule has 0 aliphatic heterocycles. The highest BCUT2D eigenvalue weighted by molar-refractivity contribution is 5.92. The number of hydrogen-bond donors (Lipinski definition) is 4. The smallest absolute Gasteiger partial charge is 0.237 e. The number of aromatic nitrogens is 1. The van der Waals surface area contributed by atoms with E-state index in [1.165, 1.54) is 0 Å². The maximum atomic E-state index is 13.6. The van der Waals surface area contributed by atoms with Crippen LogP contribution in [0.5, 0.6) is 0 Å². The molecule has 7 N–H and O–H groups in total. The molecule has 11 heteroatoms. The number of nitrogens with one attached hydrogen (secondary N) is 1. The average Bonchev–Trinajstić information content (AvgIpc) is 3.05. The van der Waals surface area contributed by atoms with E-state index in [-0.39, 0.29) is 31.0 Å². The number of fused-ring (bicyclic) bond motifs is 1. The molecule has 2 aromatic carbocycles. The molecular formula is C37H58N8O3+2. The van der Waals surface area contributed by atoms with Crippen molar-refractivity contribution in [3.63, 3.8) is 0 Å². The van der Waals surface area contributed by atoms with E-state index in [9.17, 15) is 14.4 Å². The standard InChI is InChI=1S/C37H57N8O3/c1-44(2,22-18-38)24-20-43(21-25-45(3,4)23-19-39)36(47)17-15-32(40)37(48)42-34(16-14-29-10-6-5-7-11-29)35(46)27-30-26-31-12-8-9-13-33(31)41-28-30/h5-13,26,28,32,34H,14-25,27,38-40H2,1-4H3/q+1/p+1/t32-,34-/m0/s1. The number of ketones is 1. The Hall–Kier alpha value is -3.74. The Labute approximate surface area is 286 Å². The molecule has 0 unspecified atom stereocenters. The van der Waals surface area contributed by atoms with E-state index < -0.39 is 18.0 Å². The molecule has 2 amide bonds. The fraction of sp³-hybridized carbons (Fsp3) is 0.514. The van der Waals surface area contributed by atoms with Crippen molar-refractivity contribution in [1.82, 2.24) is 15.2 Å². The van der Waals surface area contributed by atoms with Gasteiger partial charge in [0.15, 0.2) is 5.78 Å². The Balaban J connectivity index is 1.65. The first-order valence-electron chi connectivity index (χ1n) is 17.1. The normalized spacial score (nSPS) is 13.2. The number of aryl methyl sites for hydroxylation is 1. The summed E-state index contributed by atoms with van der Waals surface area (Å²) >= 11 is 0. The van der Waals surface area contributed by atoms with Crippen LogP contribution in [0.1, 0.15) is 30.4 Å². The predicted octanol–water partition coefficient (Wildman–Crippen LogP) is 1.47. The first kappa shape index (κ1) is 38.7. The lowest BCUT2D eigenvalue weighted by molar-refractivity contribution is -0.890. The average molecular weight is 663 g/mol. The highest BCUT2D eigenvalue weighted by Crippen LogP contribution is 2.15. The molecule has 3 rings (SSSR count). The van der Waals surface area contributed by atoms with E-state index in [4.69, 9.17) is 17.2 Å². The second-order valence-corrected chi connectivity index (χ2v) is 14.1. The van der Waals surface area contributed by atoms with Crippen molar-refractivity contribution in [2.75, 3.05) is 80.5 Å². The highest BCUT2D eigenvalue weighted by Gasteiger charge is 2.27. The van der Waals surface area contributed by atoms with Crippen molar-refractivity contribution in [3.8, 4) is 0 Å². The number of carbonyl (C=O) groups is 3. The first-order valence-corrected chi connectivity index (χ1v) is 17.1. The van der Waals surface area contributed by atoms with Gasteiger partial charge in [-0.05, 0) is 42.5 Å². The molecule has 1 heterocycles. The summed E-state index contributed by atoms with van der Waals surface area (Å²) in [4.78, 5) is 46.9. The number of quaternary nitrogens is 2. The molecular weight excluding hydrogens is 604 g/mol. The summed E-state index contributed by atoms with van der Waals surface area (Å²) in [6, 6.07) is 17.9. The fourth-order valence-electron chi connectivity index (χ4n) is 5.72. The third-order valence-corrected chi connectivity index (χ3v) is 9.07. The van der Waals surface area contributed by atoms with Gasteiger partial charge in [0.05, 0.1) is 85.1 Å². The van der Waals surface area contributed by atoms with Gasteiger partial charge in [0.25, 0.3) is 0 Å². The number of Topliss-reactive ketones (excluding diaryl/α,β-unsaturated/α-hetero) is 1. The number of carbonyl (C=O) groups excluding carboxylic acids is 3. The molecule has 0 spiro atoms. The summed E-state index contributed by atoms with van der Waals surface area (Å²) in [5.74, 6) is -0.583. The van der Waals surface area contributed by atoms with Crippen molar-refractivity contribution in [1.29, 1.82) is 0 Å². The topological polar surface area (TPSA) is 157 Å². The Morgan fingerprint density at radius 3 is 2.04 bits per heavy atom. The maximum absolute atomic E-state index is 13.6. The van der Waals surface area contributed by atoms with Gasteiger partial charge < -0.3 is 36.4 Å². The number of likely N-dealkylation sites (N-methyl/N-ethyl adjacent to an activating group) is 2. The summed E-state index contributed by atoms with van der Waals surface area (Å²) in [5.41, 5.74) is 20.7. The largest absolute Gasteiger partial charge is 0.345 e. The van der Waals surface area contributed by atoms with E-state index in [0.29, 0.717) is 48.0 Å². The van der Waals surface area contributed by atoms with E-state index >= 15 is 0 Å². The zero-order chi connectivity index (χ0) is 35.2. The number of nitrogens with two attached hydrogens (primary N) is 3. The fourth-order valence-corrected chi connectivity index (χ4v) is 5.72. The molecule has 1 aromatic heterocycles. The van der Waals surface area contributed by atoms with Gasteiger partial charge in [0.1, 0.15) is 0 Å². The molecule has 2 atom stereocenters. The van der Waals surface area contributed by atoms with Crippen LogP contribution in [0.2, 0.25) is 0 Å². The second-order valence-electron chi connectivity index (χ2n) is 14.1. The summed E-state index contributed by atoms with van der Waals surface area (Å²) in [6.07, 6.45) is 3.22. The minimum Gasteiger partial charge on any atom is -0.345 e. The van der Waals surface area contributed by atoms with Crippen molar-refractivity contribution in [2.24, 2.45) is 17.2 Å². The van der Waals surface area contributed by atoms with Crippen LogP contribution in [0.3, 0.4) is 0 Å².